The summed E-state index contributed by atoms with van der Waals surface area (Å²) in [4.78, 5) is 13.1. The summed E-state index contributed by atoms with van der Waals surface area (Å²) >= 11 is 0. The molecular formula is C56H34N4O2. The molecule has 2 aromatic heterocycles. The van der Waals surface area contributed by atoms with Crippen molar-refractivity contribution >= 4 is 49.8 Å². The van der Waals surface area contributed by atoms with Gasteiger partial charge in [0.2, 0.25) is 5.95 Å². The van der Waals surface area contributed by atoms with Gasteiger partial charge in [0.15, 0.2) is 23.0 Å². The molecule has 62 heavy (non-hydrogen) atoms. The monoisotopic (exact) mass is 794 g/mol. The molecule has 0 aliphatic carbocycles. The van der Waals surface area contributed by atoms with Gasteiger partial charge < -0.3 is 9.47 Å². The number of para-hydroxylation sites is 2. The molecule has 0 unspecified atom stereocenters. The lowest BCUT2D eigenvalue weighted by Crippen LogP contribution is -2.21. The third kappa shape index (κ3) is 5.30. The van der Waals surface area contributed by atoms with Gasteiger partial charge in [0, 0.05) is 21.7 Å². The van der Waals surface area contributed by atoms with E-state index >= 15 is 0 Å². The Morgan fingerprint density at radius 3 is 1.55 bits per heavy atom. The summed E-state index contributed by atoms with van der Waals surface area (Å²) in [6.07, 6.45) is 0. The molecule has 9 aromatic carbocycles. The topological polar surface area (TPSA) is 52.4 Å². The zero-order valence-electron chi connectivity index (χ0n) is 33.2. The largest absolute Gasteiger partial charge is 0.453 e. The van der Waals surface area contributed by atoms with E-state index in [0.29, 0.717) is 17.4 Å². The Morgan fingerprint density at radius 1 is 0.371 bits per heavy atom. The van der Waals surface area contributed by atoms with E-state index in [-0.39, 0.29) is 0 Å². The Bertz CT molecular complexity index is 3560. The van der Waals surface area contributed by atoms with Gasteiger partial charge in [0.25, 0.3) is 0 Å². The summed E-state index contributed by atoms with van der Waals surface area (Å²) in [6.45, 7) is 0. The SMILES string of the molecule is c1ccc(-c2ccc(-c3nc(-n4c5ccccc5c5cc6c7c(c54)Oc4cc(-c5ccccc5)ccc4N7c4ccc(-c5ccccc5)cc4O6)nc4ccccc34)cc2)cc1. The highest BCUT2D eigenvalue weighted by Crippen LogP contribution is 2.63. The van der Waals surface area contributed by atoms with E-state index in [2.05, 4.69) is 185 Å². The Morgan fingerprint density at radius 2 is 0.887 bits per heavy atom. The van der Waals surface area contributed by atoms with Crippen LogP contribution < -0.4 is 14.4 Å². The van der Waals surface area contributed by atoms with Gasteiger partial charge in [-0.1, -0.05) is 164 Å². The van der Waals surface area contributed by atoms with Gasteiger partial charge in [-0.15, -0.1) is 0 Å². The second kappa shape index (κ2) is 13.5. The second-order valence-corrected chi connectivity index (χ2v) is 15.8. The van der Waals surface area contributed by atoms with Gasteiger partial charge in [-0.3, -0.25) is 9.47 Å². The van der Waals surface area contributed by atoms with Crippen LogP contribution in [0.4, 0.5) is 17.1 Å². The van der Waals surface area contributed by atoms with E-state index in [9.17, 15) is 0 Å². The summed E-state index contributed by atoms with van der Waals surface area (Å²) in [5, 5.41) is 3.00. The Labute approximate surface area is 357 Å². The number of anilines is 3. The minimum absolute atomic E-state index is 0.553. The van der Waals surface area contributed by atoms with Gasteiger partial charge in [0.1, 0.15) is 11.2 Å². The molecule has 2 aliphatic rings. The highest BCUT2D eigenvalue weighted by molar-refractivity contribution is 6.16. The lowest BCUT2D eigenvalue weighted by Gasteiger charge is -2.38. The number of benzene rings is 9. The highest BCUT2D eigenvalue weighted by atomic mass is 16.5. The maximum Gasteiger partial charge on any atom is 0.235 e. The fourth-order valence-electron chi connectivity index (χ4n) is 9.27. The molecule has 0 amide bonds. The molecule has 6 nitrogen and oxygen atoms in total. The molecule has 13 rings (SSSR count). The first kappa shape index (κ1) is 34.4. The van der Waals surface area contributed by atoms with Crippen molar-refractivity contribution in [2.45, 2.75) is 0 Å². The Balaban J connectivity index is 1.07. The average Bonchev–Trinajstić information content (AvgIpc) is 3.68. The predicted octanol–water partition coefficient (Wildman–Crippen LogP) is 15.1. The maximum atomic E-state index is 7.26. The first-order valence-electron chi connectivity index (χ1n) is 20.8. The standard InChI is InChI=1S/C56H34N4O2/c1-4-14-35(15-5-1)38-24-26-39(27-25-38)52-43-21-10-12-22-45(43)57-56(58-52)60-46-23-13-11-20-42(46)44-34-51-54-55(53(44)60)62-50-33-41(37-18-8-3-9-19-37)29-31-48(50)59(54)47-30-28-40(32-49(47)61-51)36-16-6-2-7-17-36/h1-34H. The van der Waals surface area contributed by atoms with Gasteiger partial charge in [-0.25, -0.2) is 9.97 Å². The van der Waals surface area contributed by atoms with E-state index in [0.717, 1.165) is 100 Å². The lowest BCUT2D eigenvalue weighted by atomic mass is 9.99. The first-order chi connectivity index (χ1) is 30.7. The van der Waals surface area contributed by atoms with Gasteiger partial charge in [0.05, 0.1) is 28.1 Å². The van der Waals surface area contributed by atoms with Crippen molar-refractivity contribution in [1.29, 1.82) is 0 Å². The molecular weight excluding hydrogens is 761 g/mol. The van der Waals surface area contributed by atoms with Crippen molar-refractivity contribution in [3.63, 3.8) is 0 Å². The minimum atomic E-state index is 0.553. The normalized spacial score (nSPS) is 12.4. The number of rotatable bonds is 5. The minimum Gasteiger partial charge on any atom is -0.453 e. The molecule has 0 radical (unpaired) electrons. The molecule has 0 N–H and O–H groups in total. The highest BCUT2D eigenvalue weighted by Gasteiger charge is 2.38. The maximum absolute atomic E-state index is 7.26. The molecule has 0 saturated carbocycles. The molecule has 290 valence electrons. The number of nitrogens with zero attached hydrogens (tertiary/aromatic N) is 4. The number of aromatic nitrogens is 3. The molecule has 0 spiro atoms. The second-order valence-electron chi connectivity index (χ2n) is 15.8. The fraction of sp³-hybridized carbons (Fsp3) is 0. The average molecular weight is 795 g/mol. The summed E-state index contributed by atoms with van der Waals surface area (Å²) in [5.41, 5.74) is 13.9. The van der Waals surface area contributed by atoms with Crippen LogP contribution in [0, 0.1) is 0 Å². The molecule has 0 bridgehead atoms. The molecule has 0 saturated heterocycles. The summed E-state index contributed by atoms with van der Waals surface area (Å²) in [7, 11) is 0. The van der Waals surface area contributed by atoms with Crippen LogP contribution in [0.2, 0.25) is 0 Å². The zero-order chi connectivity index (χ0) is 40.7. The number of fused-ring (bicyclic) bond motifs is 9. The smallest absolute Gasteiger partial charge is 0.235 e. The molecule has 0 fully saturated rings. The zero-order valence-corrected chi connectivity index (χ0v) is 33.2. The Kier molecular flexibility index (Phi) is 7.50. The molecule has 0 atom stereocenters. The van der Waals surface area contributed by atoms with Crippen molar-refractivity contribution in [2.24, 2.45) is 0 Å². The van der Waals surface area contributed by atoms with E-state index in [1.54, 1.807) is 0 Å². The quantitative estimate of drug-likeness (QED) is 0.174. The molecule has 4 heterocycles. The van der Waals surface area contributed by atoms with Crippen LogP contribution in [0.15, 0.2) is 206 Å². The van der Waals surface area contributed by atoms with Crippen molar-refractivity contribution in [3.05, 3.63) is 206 Å². The van der Waals surface area contributed by atoms with Gasteiger partial charge >= 0.3 is 0 Å². The third-order valence-electron chi connectivity index (χ3n) is 12.2. The van der Waals surface area contributed by atoms with Crippen LogP contribution in [0.3, 0.4) is 0 Å². The van der Waals surface area contributed by atoms with Crippen molar-refractivity contribution in [3.8, 4) is 73.6 Å². The van der Waals surface area contributed by atoms with Crippen LogP contribution in [0.1, 0.15) is 0 Å². The summed E-state index contributed by atoms with van der Waals surface area (Å²) in [5.74, 6) is 3.46. The number of hydrogen-bond donors (Lipinski definition) is 0. The predicted molar refractivity (Wildman–Crippen MR) is 250 cm³/mol. The van der Waals surface area contributed by atoms with Crippen molar-refractivity contribution in [1.82, 2.24) is 14.5 Å². The number of hydrogen-bond acceptors (Lipinski definition) is 5. The van der Waals surface area contributed by atoms with E-state index in [1.165, 1.54) is 5.56 Å². The summed E-state index contributed by atoms with van der Waals surface area (Å²) in [6, 6.07) is 71.8. The van der Waals surface area contributed by atoms with Crippen molar-refractivity contribution < 1.29 is 9.47 Å². The van der Waals surface area contributed by atoms with Crippen LogP contribution >= 0.6 is 0 Å². The van der Waals surface area contributed by atoms with Crippen LogP contribution in [-0.4, -0.2) is 14.5 Å². The van der Waals surface area contributed by atoms with Gasteiger partial charge in [-0.2, -0.15) is 0 Å². The molecule has 11 aromatic rings. The van der Waals surface area contributed by atoms with E-state index in [4.69, 9.17) is 19.4 Å². The third-order valence-corrected chi connectivity index (χ3v) is 12.2. The van der Waals surface area contributed by atoms with Crippen LogP contribution in [0.5, 0.6) is 23.0 Å². The van der Waals surface area contributed by atoms with Crippen LogP contribution in [-0.2, 0) is 0 Å². The van der Waals surface area contributed by atoms with E-state index < -0.39 is 0 Å². The number of ether oxygens (including phenoxy) is 2. The molecule has 6 heteroatoms. The molecule has 2 aliphatic heterocycles. The Hall–Kier alpha value is -8.48. The fourth-order valence-corrected chi connectivity index (χ4v) is 9.27. The lowest BCUT2D eigenvalue weighted by molar-refractivity contribution is 0.449. The van der Waals surface area contributed by atoms with Gasteiger partial charge in [-0.05, 0) is 75.8 Å². The summed E-state index contributed by atoms with van der Waals surface area (Å²) < 4.78 is 16.4. The van der Waals surface area contributed by atoms with Crippen LogP contribution in [0.25, 0.3) is 83.3 Å². The van der Waals surface area contributed by atoms with E-state index in [1.807, 2.05) is 30.3 Å². The van der Waals surface area contributed by atoms with Crippen molar-refractivity contribution in [2.75, 3.05) is 4.90 Å². The first-order valence-corrected chi connectivity index (χ1v) is 20.8.